The first-order valence-corrected chi connectivity index (χ1v) is 6.13. The van der Waals surface area contributed by atoms with Crippen LogP contribution in [0.2, 0.25) is 0 Å². The van der Waals surface area contributed by atoms with Crippen LogP contribution in [0.15, 0.2) is 24.3 Å². The van der Waals surface area contributed by atoms with Crippen LogP contribution < -0.4 is 5.73 Å². The maximum Gasteiger partial charge on any atom is 0.243 e. The van der Waals surface area contributed by atoms with Crippen molar-refractivity contribution in [1.29, 1.82) is 0 Å². The summed E-state index contributed by atoms with van der Waals surface area (Å²) in [5, 5.41) is 0. The monoisotopic (exact) mass is 249 g/mol. The number of nitrogens with two attached hydrogens (primary N) is 1. The Morgan fingerprint density at radius 1 is 1.17 bits per heavy atom. The van der Waals surface area contributed by atoms with Crippen LogP contribution in [0, 0.1) is 6.92 Å². The largest absolute Gasteiger partial charge is 0.343 e. The van der Waals surface area contributed by atoms with Crippen LogP contribution in [-0.2, 0) is 4.79 Å². The first-order valence-electron chi connectivity index (χ1n) is 6.13. The Bertz CT molecular complexity index is 387. The number of benzene rings is 1. The molecule has 0 saturated heterocycles. The van der Waals surface area contributed by atoms with Gasteiger partial charge in [0.2, 0.25) is 5.91 Å². The first-order chi connectivity index (χ1) is 8.41. The summed E-state index contributed by atoms with van der Waals surface area (Å²) in [7, 11) is 5.76. The molecule has 4 nitrogen and oxygen atoms in total. The Balaban J connectivity index is 2.62. The lowest BCUT2D eigenvalue weighted by Gasteiger charge is -2.23. The molecule has 4 heteroatoms. The molecular formula is C14H23N3O. The van der Waals surface area contributed by atoms with Crippen LogP contribution in [0.1, 0.15) is 17.2 Å². The minimum absolute atomic E-state index is 0.0410. The average Bonchev–Trinajstić information content (AvgIpc) is 2.35. The number of hydrogen-bond acceptors (Lipinski definition) is 3. The van der Waals surface area contributed by atoms with Gasteiger partial charge in [-0.1, -0.05) is 29.8 Å². The first kappa shape index (κ1) is 14.7. The van der Waals surface area contributed by atoms with Crippen LogP contribution >= 0.6 is 0 Å². The van der Waals surface area contributed by atoms with Crippen LogP contribution in [0.3, 0.4) is 0 Å². The van der Waals surface area contributed by atoms with Gasteiger partial charge in [-0.3, -0.25) is 4.79 Å². The highest BCUT2D eigenvalue weighted by molar-refractivity contribution is 5.82. The highest BCUT2D eigenvalue weighted by Crippen LogP contribution is 2.13. The molecule has 2 N–H and O–H groups in total. The molecule has 0 aliphatic heterocycles. The highest BCUT2D eigenvalue weighted by atomic mass is 16.2. The van der Waals surface area contributed by atoms with Gasteiger partial charge in [0.15, 0.2) is 0 Å². The molecule has 0 saturated carbocycles. The van der Waals surface area contributed by atoms with Gasteiger partial charge in [-0.2, -0.15) is 0 Å². The van der Waals surface area contributed by atoms with Gasteiger partial charge in [0.25, 0.3) is 0 Å². The molecule has 1 aromatic rings. The molecule has 0 heterocycles. The van der Waals surface area contributed by atoms with Crippen molar-refractivity contribution in [3.8, 4) is 0 Å². The summed E-state index contributed by atoms with van der Waals surface area (Å²) in [6, 6.07) is 7.21. The van der Waals surface area contributed by atoms with Crippen molar-refractivity contribution in [1.82, 2.24) is 9.80 Å². The number of carbonyl (C=O) groups is 1. The summed E-state index contributed by atoms with van der Waals surface area (Å²) < 4.78 is 0. The Labute approximate surface area is 109 Å². The van der Waals surface area contributed by atoms with E-state index in [1.165, 1.54) is 5.56 Å². The lowest BCUT2D eigenvalue weighted by atomic mass is 10.0. The molecule has 0 bridgehead atoms. The van der Waals surface area contributed by atoms with E-state index >= 15 is 0 Å². The number of carbonyl (C=O) groups excluding carboxylic acids is 1. The van der Waals surface area contributed by atoms with Gasteiger partial charge in [-0.15, -0.1) is 0 Å². The molecular weight excluding hydrogens is 226 g/mol. The number of likely N-dealkylation sites (N-methyl/N-ethyl adjacent to an activating group) is 2. The number of nitrogens with zero attached hydrogens (tertiary/aromatic N) is 2. The zero-order valence-corrected chi connectivity index (χ0v) is 11.7. The standard InChI is InChI=1S/C14H23N3O/c1-11-5-7-12(8-6-11)13(15)14(18)17(4)10-9-16(2)3/h5-8,13H,9-10,15H2,1-4H3. The fourth-order valence-corrected chi connectivity index (χ4v) is 1.61. The van der Waals surface area contributed by atoms with Crippen molar-refractivity contribution in [2.24, 2.45) is 5.73 Å². The van der Waals surface area contributed by atoms with E-state index in [2.05, 4.69) is 0 Å². The Kier molecular flexibility index (Phi) is 5.31. The van der Waals surface area contributed by atoms with E-state index in [1.54, 1.807) is 11.9 Å². The number of hydrogen-bond donors (Lipinski definition) is 1. The van der Waals surface area contributed by atoms with Gasteiger partial charge in [0.05, 0.1) is 0 Å². The second-order valence-electron chi connectivity index (χ2n) is 4.95. The summed E-state index contributed by atoms with van der Waals surface area (Å²) in [5.74, 6) is -0.0410. The van der Waals surface area contributed by atoms with Crippen LogP contribution in [0.4, 0.5) is 0 Å². The minimum atomic E-state index is -0.572. The average molecular weight is 249 g/mol. The van der Waals surface area contributed by atoms with Crippen LogP contribution in [0.25, 0.3) is 0 Å². The molecule has 1 aromatic carbocycles. The molecule has 100 valence electrons. The molecule has 1 rings (SSSR count). The van der Waals surface area contributed by atoms with Gasteiger partial charge < -0.3 is 15.5 Å². The Morgan fingerprint density at radius 2 is 1.72 bits per heavy atom. The fraction of sp³-hybridized carbons (Fsp3) is 0.500. The van der Waals surface area contributed by atoms with E-state index in [4.69, 9.17) is 5.73 Å². The van der Waals surface area contributed by atoms with Gasteiger partial charge in [0.1, 0.15) is 6.04 Å². The third kappa shape index (κ3) is 4.13. The van der Waals surface area contributed by atoms with Gasteiger partial charge in [-0.05, 0) is 26.6 Å². The summed E-state index contributed by atoms with van der Waals surface area (Å²) >= 11 is 0. The molecule has 0 aliphatic rings. The van der Waals surface area contributed by atoms with E-state index in [0.717, 1.165) is 12.1 Å². The topological polar surface area (TPSA) is 49.6 Å². The van der Waals surface area contributed by atoms with E-state index in [0.29, 0.717) is 6.54 Å². The molecule has 0 aromatic heterocycles. The predicted molar refractivity (Wildman–Crippen MR) is 74.3 cm³/mol. The van der Waals surface area contributed by atoms with Crippen molar-refractivity contribution < 1.29 is 4.79 Å². The lowest BCUT2D eigenvalue weighted by molar-refractivity contribution is -0.131. The van der Waals surface area contributed by atoms with Gasteiger partial charge in [-0.25, -0.2) is 0 Å². The number of amides is 1. The van der Waals surface area contributed by atoms with Crippen LogP contribution in [-0.4, -0.2) is 49.9 Å². The predicted octanol–water partition coefficient (Wildman–Crippen LogP) is 1.01. The molecule has 1 amide bonds. The second kappa shape index (κ2) is 6.52. The molecule has 1 unspecified atom stereocenters. The molecule has 1 atom stereocenters. The quantitative estimate of drug-likeness (QED) is 0.847. The Morgan fingerprint density at radius 3 is 2.22 bits per heavy atom. The minimum Gasteiger partial charge on any atom is -0.343 e. The SMILES string of the molecule is Cc1ccc(C(N)C(=O)N(C)CCN(C)C)cc1. The zero-order chi connectivity index (χ0) is 13.7. The zero-order valence-electron chi connectivity index (χ0n) is 11.7. The third-order valence-corrected chi connectivity index (χ3v) is 2.96. The summed E-state index contributed by atoms with van der Waals surface area (Å²) in [6.45, 7) is 3.54. The van der Waals surface area contributed by atoms with E-state index in [9.17, 15) is 4.79 Å². The Hall–Kier alpha value is -1.39. The van der Waals surface area contributed by atoms with E-state index < -0.39 is 6.04 Å². The smallest absolute Gasteiger partial charge is 0.243 e. The molecule has 0 spiro atoms. The second-order valence-corrected chi connectivity index (χ2v) is 4.95. The third-order valence-electron chi connectivity index (χ3n) is 2.96. The molecule has 0 aliphatic carbocycles. The number of aryl methyl sites for hydroxylation is 1. The van der Waals surface area contributed by atoms with Crippen molar-refractivity contribution in [2.45, 2.75) is 13.0 Å². The maximum absolute atomic E-state index is 12.1. The van der Waals surface area contributed by atoms with E-state index in [1.807, 2.05) is 50.2 Å². The fourth-order valence-electron chi connectivity index (χ4n) is 1.61. The van der Waals surface area contributed by atoms with Crippen molar-refractivity contribution in [2.75, 3.05) is 34.2 Å². The maximum atomic E-state index is 12.1. The number of rotatable bonds is 5. The van der Waals surface area contributed by atoms with E-state index in [-0.39, 0.29) is 5.91 Å². The molecule has 18 heavy (non-hydrogen) atoms. The summed E-state index contributed by atoms with van der Waals surface area (Å²) in [6.07, 6.45) is 0. The van der Waals surface area contributed by atoms with Gasteiger partial charge >= 0.3 is 0 Å². The van der Waals surface area contributed by atoms with Crippen molar-refractivity contribution >= 4 is 5.91 Å². The normalized spacial score (nSPS) is 12.6. The summed E-state index contributed by atoms with van der Waals surface area (Å²) in [5.41, 5.74) is 8.02. The molecule has 0 radical (unpaired) electrons. The van der Waals surface area contributed by atoms with Gasteiger partial charge in [0, 0.05) is 20.1 Å². The molecule has 0 fully saturated rings. The summed E-state index contributed by atoms with van der Waals surface area (Å²) in [4.78, 5) is 15.9. The van der Waals surface area contributed by atoms with Crippen molar-refractivity contribution in [3.05, 3.63) is 35.4 Å². The lowest BCUT2D eigenvalue weighted by Crippen LogP contribution is -2.39. The van der Waals surface area contributed by atoms with Crippen molar-refractivity contribution in [3.63, 3.8) is 0 Å². The van der Waals surface area contributed by atoms with Crippen LogP contribution in [0.5, 0.6) is 0 Å². The highest BCUT2D eigenvalue weighted by Gasteiger charge is 2.19.